The highest BCUT2D eigenvalue weighted by Gasteiger charge is 2.17. The van der Waals surface area contributed by atoms with Crippen LogP contribution in [0.3, 0.4) is 0 Å². The third-order valence-corrected chi connectivity index (χ3v) is 6.46. The van der Waals surface area contributed by atoms with Gasteiger partial charge in [-0.3, -0.25) is 9.59 Å². The Morgan fingerprint density at radius 2 is 1.03 bits per heavy atom. The lowest BCUT2D eigenvalue weighted by atomic mass is 10.0. The summed E-state index contributed by atoms with van der Waals surface area (Å²) in [6.07, 6.45) is 25.0. The number of hydrogen-bond acceptors (Lipinski definition) is 2. The van der Waals surface area contributed by atoms with E-state index >= 15 is 0 Å². The zero-order valence-corrected chi connectivity index (χ0v) is 21.9. The first-order valence-electron chi connectivity index (χ1n) is 14.1. The summed E-state index contributed by atoms with van der Waals surface area (Å²) < 4.78 is 0. The highest BCUT2D eigenvalue weighted by atomic mass is 16.2. The molecule has 32 heavy (non-hydrogen) atoms. The van der Waals surface area contributed by atoms with E-state index in [4.69, 9.17) is 5.73 Å². The monoisotopic (exact) mass is 452 g/mol. The molecule has 0 saturated heterocycles. The van der Waals surface area contributed by atoms with Crippen LogP contribution >= 0.6 is 0 Å². The van der Waals surface area contributed by atoms with Crippen LogP contribution in [0, 0.1) is 5.92 Å². The summed E-state index contributed by atoms with van der Waals surface area (Å²) in [6.45, 7) is 6.83. The maximum atomic E-state index is 12.2. The lowest BCUT2D eigenvalue weighted by Gasteiger charge is -2.15. The number of rotatable bonds is 24. The lowest BCUT2D eigenvalue weighted by Crippen LogP contribution is -2.44. The number of nitrogens with one attached hydrogen (secondary N) is 1. The second-order valence-corrected chi connectivity index (χ2v) is 10.3. The molecule has 0 aromatic heterocycles. The van der Waals surface area contributed by atoms with Crippen LogP contribution in [-0.4, -0.2) is 17.9 Å². The molecule has 0 aliphatic carbocycles. The first-order chi connectivity index (χ1) is 15.5. The van der Waals surface area contributed by atoms with Gasteiger partial charge in [0.15, 0.2) is 0 Å². The Kier molecular flexibility index (Phi) is 22.3. The second kappa shape index (κ2) is 23.1. The molecule has 0 aliphatic heterocycles. The molecule has 0 aromatic carbocycles. The van der Waals surface area contributed by atoms with Crippen molar-refractivity contribution in [2.75, 3.05) is 0 Å². The van der Waals surface area contributed by atoms with E-state index in [1.165, 1.54) is 96.3 Å². The molecule has 1 atom stereocenters. The minimum atomic E-state index is -0.498. The number of carbonyl (C=O) groups excluding carboxylic acids is 2. The van der Waals surface area contributed by atoms with Gasteiger partial charge in [-0.2, -0.15) is 0 Å². The van der Waals surface area contributed by atoms with Crippen molar-refractivity contribution in [1.29, 1.82) is 0 Å². The molecule has 0 saturated carbocycles. The highest BCUT2D eigenvalue weighted by Crippen LogP contribution is 2.14. The van der Waals surface area contributed by atoms with Crippen LogP contribution < -0.4 is 11.1 Å². The molecule has 3 N–H and O–H groups in total. The molecule has 0 fully saturated rings. The van der Waals surface area contributed by atoms with E-state index in [0.717, 1.165) is 31.6 Å². The second-order valence-electron chi connectivity index (χ2n) is 10.3. The minimum Gasteiger partial charge on any atom is -0.368 e. The molecule has 0 aliphatic rings. The van der Waals surface area contributed by atoms with Crippen LogP contribution in [0.5, 0.6) is 0 Å². The van der Waals surface area contributed by atoms with Gasteiger partial charge in [-0.1, -0.05) is 136 Å². The summed E-state index contributed by atoms with van der Waals surface area (Å²) in [5, 5.41) is 2.87. The lowest BCUT2D eigenvalue weighted by molar-refractivity contribution is -0.127. The average molecular weight is 453 g/mol. The van der Waals surface area contributed by atoms with Crippen LogP contribution in [0.1, 0.15) is 156 Å². The van der Waals surface area contributed by atoms with E-state index in [1.54, 1.807) is 0 Å². The van der Waals surface area contributed by atoms with Gasteiger partial charge in [-0.05, 0) is 18.8 Å². The van der Waals surface area contributed by atoms with Gasteiger partial charge in [0.2, 0.25) is 11.8 Å². The van der Waals surface area contributed by atoms with Crippen molar-refractivity contribution in [2.45, 2.75) is 162 Å². The fraction of sp³-hybridized carbons (Fsp3) is 0.929. The van der Waals surface area contributed by atoms with E-state index in [2.05, 4.69) is 26.1 Å². The standard InChI is InChI=1S/C28H56N2O2/c1-4-5-6-7-8-9-10-14-17-20-23-26(28(29)32)30-27(31)24-21-18-15-12-11-13-16-19-22-25(2)3/h25-26H,4-24H2,1-3H3,(H2,29,32)(H,30,31). The fourth-order valence-electron chi connectivity index (χ4n) is 4.29. The molecule has 190 valence electrons. The Hall–Kier alpha value is -1.06. The molecule has 0 aromatic rings. The normalized spacial score (nSPS) is 12.2. The van der Waals surface area contributed by atoms with Crippen molar-refractivity contribution in [2.24, 2.45) is 11.7 Å². The van der Waals surface area contributed by atoms with Crippen LogP contribution in [0.2, 0.25) is 0 Å². The molecule has 1 unspecified atom stereocenters. The van der Waals surface area contributed by atoms with Crippen molar-refractivity contribution >= 4 is 11.8 Å². The van der Waals surface area contributed by atoms with Crippen LogP contribution in [0.15, 0.2) is 0 Å². The van der Waals surface area contributed by atoms with E-state index in [0.29, 0.717) is 12.8 Å². The van der Waals surface area contributed by atoms with Crippen molar-refractivity contribution in [1.82, 2.24) is 5.32 Å². The summed E-state index contributed by atoms with van der Waals surface area (Å²) in [5.41, 5.74) is 5.51. The Labute approximate surface area is 200 Å². The fourth-order valence-corrected chi connectivity index (χ4v) is 4.29. The third-order valence-electron chi connectivity index (χ3n) is 6.46. The highest BCUT2D eigenvalue weighted by molar-refractivity contribution is 5.86. The topological polar surface area (TPSA) is 72.2 Å². The maximum Gasteiger partial charge on any atom is 0.239 e. The van der Waals surface area contributed by atoms with Gasteiger partial charge in [0, 0.05) is 6.42 Å². The van der Waals surface area contributed by atoms with Crippen molar-refractivity contribution in [3.8, 4) is 0 Å². The molecule has 4 nitrogen and oxygen atoms in total. The van der Waals surface area contributed by atoms with E-state index < -0.39 is 11.9 Å². The first-order valence-corrected chi connectivity index (χ1v) is 14.1. The summed E-state index contributed by atoms with van der Waals surface area (Å²) in [5.74, 6) is 0.409. The Balaban J connectivity index is 3.62. The van der Waals surface area contributed by atoms with Gasteiger partial charge in [0.05, 0.1) is 0 Å². The predicted molar refractivity (Wildman–Crippen MR) is 139 cm³/mol. The minimum absolute atomic E-state index is 0.0189. The van der Waals surface area contributed by atoms with Gasteiger partial charge in [-0.25, -0.2) is 0 Å². The predicted octanol–water partition coefficient (Wildman–Crippen LogP) is 7.82. The first kappa shape index (κ1) is 30.9. The molecule has 0 heterocycles. The molecule has 0 bridgehead atoms. The molecule has 0 radical (unpaired) electrons. The number of amides is 2. The van der Waals surface area contributed by atoms with Crippen molar-refractivity contribution in [3.63, 3.8) is 0 Å². The summed E-state index contributed by atoms with van der Waals surface area (Å²) in [7, 11) is 0. The summed E-state index contributed by atoms with van der Waals surface area (Å²) >= 11 is 0. The average Bonchev–Trinajstić information content (AvgIpc) is 2.75. The quantitative estimate of drug-likeness (QED) is 0.146. The molecular weight excluding hydrogens is 396 g/mol. The van der Waals surface area contributed by atoms with Gasteiger partial charge in [0.1, 0.15) is 6.04 Å². The Morgan fingerprint density at radius 3 is 1.47 bits per heavy atom. The molecule has 0 spiro atoms. The van der Waals surface area contributed by atoms with E-state index in [9.17, 15) is 9.59 Å². The molecule has 2 amide bonds. The summed E-state index contributed by atoms with van der Waals surface area (Å²) in [4.78, 5) is 23.9. The van der Waals surface area contributed by atoms with E-state index in [-0.39, 0.29) is 5.91 Å². The molecule has 4 heteroatoms. The largest absolute Gasteiger partial charge is 0.368 e. The number of unbranched alkanes of at least 4 members (excludes halogenated alkanes) is 16. The number of nitrogens with two attached hydrogens (primary N) is 1. The number of hydrogen-bond donors (Lipinski definition) is 2. The van der Waals surface area contributed by atoms with Gasteiger partial charge in [0.25, 0.3) is 0 Å². The molecular formula is C28H56N2O2. The van der Waals surface area contributed by atoms with Crippen LogP contribution in [0.25, 0.3) is 0 Å². The summed E-state index contributed by atoms with van der Waals surface area (Å²) in [6, 6.07) is -0.498. The van der Waals surface area contributed by atoms with Gasteiger partial charge >= 0.3 is 0 Å². The zero-order valence-electron chi connectivity index (χ0n) is 21.9. The maximum absolute atomic E-state index is 12.2. The molecule has 0 rings (SSSR count). The van der Waals surface area contributed by atoms with Crippen molar-refractivity contribution < 1.29 is 9.59 Å². The van der Waals surface area contributed by atoms with Gasteiger partial charge in [-0.15, -0.1) is 0 Å². The SMILES string of the molecule is CCCCCCCCCCCCC(NC(=O)CCCCCCCCCCC(C)C)C(N)=O. The number of primary amides is 1. The Morgan fingerprint density at radius 1 is 0.625 bits per heavy atom. The van der Waals surface area contributed by atoms with E-state index in [1.807, 2.05) is 0 Å². The third kappa shape index (κ3) is 22.1. The van der Waals surface area contributed by atoms with Crippen molar-refractivity contribution in [3.05, 3.63) is 0 Å². The Bertz CT molecular complexity index is 437. The number of carbonyl (C=O) groups is 2. The smallest absolute Gasteiger partial charge is 0.239 e. The van der Waals surface area contributed by atoms with Gasteiger partial charge < -0.3 is 11.1 Å². The van der Waals surface area contributed by atoms with Crippen LogP contribution in [0.4, 0.5) is 0 Å². The van der Waals surface area contributed by atoms with Crippen LogP contribution in [-0.2, 0) is 9.59 Å². The zero-order chi connectivity index (χ0) is 23.9.